The van der Waals surface area contributed by atoms with Crippen LogP contribution in [0.1, 0.15) is 5.56 Å². The monoisotopic (exact) mass is 306 g/mol. The molecule has 0 aromatic heterocycles. The molecule has 1 amide bonds. The van der Waals surface area contributed by atoms with Crippen LogP contribution in [0.25, 0.3) is 0 Å². The molecule has 0 atom stereocenters. The number of morpholine rings is 1. The minimum absolute atomic E-state index is 0.0216. The molecule has 0 saturated carbocycles. The summed E-state index contributed by atoms with van der Waals surface area (Å²) in [5.74, 6) is -0.272. The molecule has 112 valence electrons. The Balaban J connectivity index is 2.12. The number of hydrogen-bond donors (Lipinski definition) is 2. The average molecular weight is 306 g/mol. The highest BCUT2D eigenvalue weighted by Crippen LogP contribution is 2.09. The molecule has 1 aliphatic heterocycles. The molecular weight excluding hydrogens is 288 g/mol. The van der Waals surface area contributed by atoms with Crippen molar-refractivity contribution in [2.75, 3.05) is 31.7 Å². The van der Waals surface area contributed by atoms with Gasteiger partial charge in [0.25, 0.3) is 5.91 Å². The third kappa shape index (κ3) is 4.24. The SMILES string of the molecule is Cc1cccc(N/N=C(\C(=O)N2CCOCC2)C(N)=S)c1. The van der Waals surface area contributed by atoms with Crippen LogP contribution < -0.4 is 11.2 Å². The number of carbonyl (C=O) groups excluding carboxylic acids is 1. The van der Waals surface area contributed by atoms with E-state index in [2.05, 4.69) is 10.5 Å². The van der Waals surface area contributed by atoms with Crippen LogP contribution in [0, 0.1) is 6.92 Å². The third-order valence-corrected chi connectivity index (χ3v) is 3.24. The first kappa shape index (κ1) is 15.4. The molecule has 1 saturated heterocycles. The number of aryl methyl sites for hydroxylation is 1. The number of nitrogens with two attached hydrogens (primary N) is 1. The normalized spacial score (nSPS) is 15.7. The molecule has 21 heavy (non-hydrogen) atoms. The molecule has 1 aromatic carbocycles. The Bertz CT molecular complexity index is 568. The zero-order chi connectivity index (χ0) is 15.2. The third-order valence-electron chi connectivity index (χ3n) is 3.05. The lowest BCUT2D eigenvalue weighted by Crippen LogP contribution is -2.47. The van der Waals surface area contributed by atoms with Gasteiger partial charge in [0.05, 0.1) is 18.9 Å². The van der Waals surface area contributed by atoms with E-state index in [0.717, 1.165) is 11.3 Å². The number of ether oxygens (including phenoxy) is 1. The first-order chi connectivity index (χ1) is 10.1. The van der Waals surface area contributed by atoms with Gasteiger partial charge >= 0.3 is 0 Å². The number of amides is 1. The molecule has 0 bridgehead atoms. The van der Waals surface area contributed by atoms with Crippen LogP contribution in [-0.2, 0) is 9.53 Å². The van der Waals surface area contributed by atoms with Gasteiger partial charge in [-0.25, -0.2) is 0 Å². The molecular formula is C14H18N4O2S. The predicted octanol–water partition coefficient (Wildman–Crippen LogP) is 0.908. The zero-order valence-corrected chi connectivity index (χ0v) is 12.7. The molecule has 0 radical (unpaired) electrons. The number of thiocarbonyl (C=S) groups is 1. The van der Waals surface area contributed by atoms with Gasteiger partial charge in [0, 0.05) is 13.1 Å². The van der Waals surface area contributed by atoms with E-state index >= 15 is 0 Å². The van der Waals surface area contributed by atoms with Crippen LogP contribution in [0.5, 0.6) is 0 Å². The highest BCUT2D eigenvalue weighted by Gasteiger charge is 2.23. The predicted molar refractivity (Wildman–Crippen MR) is 86.4 cm³/mol. The van der Waals surface area contributed by atoms with Crippen molar-refractivity contribution < 1.29 is 9.53 Å². The number of benzene rings is 1. The van der Waals surface area contributed by atoms with Gasteiger partial charge in [-0.3, -0.25) is 10.2 Å². The second-order valence-corrected chi connectivity index (χ2v) is 5.15. The molecule has 1 aliphatic rings. The molecule has 0 spiro atoms. The maximum absolute atomic E-state index is 12.4. The van der Waals surface area contributed by atoms with E-state index in [4.69, 9.17) is 22.7 Å². The summed E-state index contributed by atoms with van der Waals surface area (Å²) in [6.07, 6.45) is 0. The van der Waals surface area contributed by atoms with Gasteiger partial charge in [-0.2, -0.15) is 5.10 Å². The van der Waals surface area contributed by atoms with E-state index in [0.29, 0.717) is 26.3 Å². The fourth-order valence-electron chi connectivity index (χ4n) is 1.96. The lowest BCUT2D eigenvalue weighted by atomic mass is 10.2. The number of hydrogen-bond acceptors (Lipinski definition) is 5. The van der Waals surface area contributed by atoms with Gasteiger partial charge < -0.3 is 15.4 Å². The molecule has 2 rings (SSSR count). The summed E-state index contributed by atoms with van der Waals surface area (Å²) in [5, 5.41) is 4.08. The van der Waals surface area contributed by atoms with Gasteiger partial charge in [0.15, 0.2) is 5.71 Å². The Morgan fingerprint density at radius 3 is 2.76 bits per heavy atom. The minimum Gasteiger partial charge on any atom is -0.388 e. The zero-order valence-electron chi connectivity index (χ0n) is 11.8. The van der Waals surface area contributed by atoms with E-state index in [-0.39, 0.29) is 16.6 Å². The Kier molecular flexibility index (Phi) is 5.24. The minimum atomic E-state index is -0.272. The molecule has 1 heterocycles. The highest BCUT2D eigenvalue weighted by atomic mass is 32.1. The second kappa shape index (κ2) is 7.14. The summed E-state index contributed by atoms with van der Waals surface area (Å²) >= 11 is 4.93. The van der Waals surface area contributed by atoms with Crippen molar-refractivity contribution in [2.24, 2.45) is 10.8 Å². The van der Waals surface area contributed by atoms with Crippen LogP contribution >= 0.6 is 12.2 Å². The lowest BCUT2D eigenvalue weighted by Gasteiger charge is -2.26. The van der Waals surface area contributed by atoms with Crippen LogP contribution in [0.3, 0.4) is 0 Å². The van der Waals surface area contributed by atoms with E-state index in [1.54, 1.807) is 4.90 Å². The van der Waals surface area contributed by atoms with Crippen LogP contribution in [0.15, 0.2) is 29.4 Å². The summed E-state index contributed by atoms with van der Waals surface area (Å²) in [5.41, 5.74) is 10.4. The Hall–Kier alpha value is -1.99. The molecule has 6 nitrogen and oxygen atoms in total. The summed E-state index contributed by atoms with van der Waals surface area (Å²) < 4.78 is 5.22. The Morgan fingerprint density at radius 1 is 1.43 bits per heavy atom. The number of rotatable bonds is 4. The van der Waals surface area contributed by atoms with E-state index < -0.39 is 0 Å². The van der Waals surface area contributed by atoms with Crippen molar-refractivity contribution in [2.45, 2.75) is 6.92 Å². The molecule has 1 fully saturated rings. The van der Waals surface area contributed by atoms with Crippen LogP contribution in [0.2, 0.25) is 0 Å². The standard InChI is InChI=1S/C14H18N4O2S/c1-10-3-2-4-11(9-10)16-17-12(13(15)21)14(19)18-5-7-20-8-6-18/h2-4,9,16H,5-8H2,1H3,(H2,15,21)/b17-12-. The highest BCUT2D eigenvalue weighted by molar-refractivity contribution is 7.82. The van der Waals surface area contributed by atoms with Crippen molar-refractivity contribution >= 4 is 34.5 Å². The maximum atomic E-state index is 12.4. The van der Waals surface area contributed by atoms with Crippen LogP contribution in [0.4, 0.5) is 5.69 Å². The first-order valence-corrected chi connectivity index (χ1v) is 7.06. The van der Waals surface area contributed by atoms with Crippen LogP contribution in [-0.4, -0.2) is 47.8 Å². The second-order valence-electron chi connectivity index (χ2n) is 4.71. The van der Waals surface area contributed by atoms with Crippen molar-refractivity contribution in [3.05, 3.63) is 29.8 Å². The molecule has 0 unspecified atom stereocenters. The van der Waals surface area contributed by atoms with E-state index in [1.165, 1.54) is 0 Å². The first-order valence-electron chi connectivity index (χ1n) is 6.65. The van der Waals surface area contributed by atoms with Crippen molar-refractivity contribution in [3.63, 3.8) is 0 Å². The molecule has 0 aliphatic carbocycles. The lowest BCUT2D eigenvalue weighted by molar-refractivity contribution is -0.127. The molecule has 3 N–H and O–H groups in total. The Morgan fingerprint density at radius 2 is 2.14 bits per heavy atom. The number of hydrazone groups is 1. The molecule has 7 heteroatoms. The summed E-state index contributed by atoms with van der Waals surface area (Å²) in [6.45, 7) is 4.04. The number of nitrogens with zero attached hydrogens (tertiary/aromatic N) is 2. The summed E-state index contributed by atoms with van der Waals surface area (Å²) in [7, 11) is 0. The van der Waals surface area contributed by atoms with Gasteiger partial charge in [0.1, 0.15) is 4.99 Å². The molecule has 1 aromatic rings. The number of nitrogens with one attached hydrogen (secondary N) is 1. The topological polar surface area (TPSA) is 80.0 Å². The van der Waals surface area contributed by atoms with E-state index in [9.17, 15) is 4.79 Å². The van der Waals surface area contributed by atoms with Crippen molar-refractivity contribution in [1.82, 2.24) is 4.90 Å². The fraction of sp³-hybridized carbons (Fsp3) is 0.357. The number of carbonyl (C=O) groups is 1. The van der Waals surface area contributed by atoms with Gasteiger partial charge in [0.2, 0.25) is 0 Å². The largest absolute Gasteiger partial charge is 0.388 e. The van der Waals surface area contributed by atoms with Gasteiger partial charge in [-0.05, 0) is 24.6 Å². The summed E-state index contributed by atoms with van der Waals surface area (Å²) in [4.78, 5) is 14.0. The van der Waals surface area contributed by atoms with Crippen molar-refractivity contribution in [3.8, 4) is 0 Å². The fourth-order valence-corrected chi connectivity index (χ4v) is 2.09. The summed E-state index contributed by atoms with van der Waals surface area (Å²) in [6, 6.07) is 7.65. The van der Waals surface area contributed by atoms with E-state index in [1.807, 2.05) is 31.2 Å². The quantitative estimate of drug-likeness (QED) is 0.491. The number of anilines is 1. The smallest absolute Gasteiger partial charge is 0.277 e. The maximum Gasteiger partial charge on any atom is 0.277 e. The van der Waals surface area contributed by atoms with Crippen molar-refractivity contribution in [1.29, 1.82) is 0 Å². The Labute approximate surface area is 128 Å². The van der Waals surface area contributed by atoms with Gasteiger partial charge in [-0.1, -0.05) is 24.4 Å². The average Bonchev–Trinajstić information content (AvgIpc) is 2.48. The van der Waals surface area contributed by atoms with Gasteiger partial charge in [-0.15, -0.1) is 0 Å².